The molecule has 0 aliphatic heterocycles. The van der Waals surface area contributed by atoms with Gasteiger partial charge in [-0.25, -0.2) is 13.4 Å². The van der Waals surface area contributed by atoms with E-state index in [1.807, 2.05) is 42.5 Å². The molecule has 1 amide bonds. The molecule has 0 unspecified atom stereocenters. The largest absolute Gasteiger partial charge is 0.490 e. The molecule has 3 aromatic heterocycles. The number of nitrogens with zero attached hydrogens (tertiary/aromatic N) is 3. The molecule has 0 saturated heterocycles. The molecule has 1 fully saturated rings. The average Bonchev–Trinajstić information content (AvgIpc) is 3.46. The van der Waals surface area contributed by atoms with Gasteiger partial charge in [0.15, 0.2) is 0 Å². The number of carbonyl (C=O) groups is 1. The van der Waals surface area contributed by atoms with Gasteiger partial charge < -0.3 is 10.1 Å². The first-order chi connectivity index (χ1) is 15.8. The lowest BCUT2D eigenvalue weighted by atomic mass is 10.1. The van der Waals surface area contributed by atoms with Crippen LogP contribution in [0.15, 0.2) is 67.1 Å². The van der Waals surface area contributed by atoms with Gasteiger partial charge in [0.2, 0.25) is 10.0 Å². The molecule has 0 radical (unpaired) electrons. The van der Waals surface area contributed by atoms with Crippen LogP contribution in [0.3, 0.4) is 0 Å². The van der Waals surface area contributed by atoms with Crippen LogP contribution in [-0.2, 0) is 16.6 Å². The van der Waals surface area contributed by atoms with Crippen LogP contribution in [0.2, 0.25) is 0 Å². The summed E-state index contributed by atoms with van der Waals surface area (Å²) in [6.07, 6.45) is 7.97. The molecular weight excluding hydrogens is 440 g/mol. The van der Waals surface area contributed by atoms with Crippen molar-refractivity contribution >= 4 is 26.8 Å². The van der Waals surface area contributed by atoms with E-state index in [4.69, 9.17) is 9.72 Å². The standard InChI is InChI=1S/C24H22N4O4S/c1-33(30,31)28-10-9-18(15-28)24(29)26-14-19-12-23-17(13-25-19)5-8-22(27-23)16-3-2-4-21(11-16)32-20-6-7-20/h2-5,8-13,15,20H,6-7,14H2,1H3,(H,26,29). The van der Waals surface area contributed by atoms with Gasteiger partial charge in [-0.15, -0.1) is 0 Å². The summed E-state index contributed by atoms with van der Waals surface area (Å²) in [6, 6.07) is 15.1. The molecule has 33 heavy (non-hydrogen) atoms. The number of pyridine rings is 2. The van der Waals surface area contributed by atoms with Crippen LogP contribution in [0.4, 0.5) is 0 Å². The second-order valence-corrected chi connectivity index (χ2v) is 9.97. The quantitative estimate of drug-likeness (QED) is 0.452. The van der Waals surface area contributed by atoms with Gasteiger partial charge in [-0.05, 0) is 49.2 Å². The fourth-order valence-corrected chi connectivity index (χ4v) is 4.00. The number of amides is 1. The second kappa shape index (κ2) is 8.32. The van der Waals surface area contributed by atoms with E-state index < -0.39 is 10.0 Å². The van der Waals surface area contributed by atoms with Crippen LogP contribution in [0, 0.1) is 0 Å². The normalized spacial score (nSPS) is 13.7. The Bertz CT molecular complexity index is 1460. The third kappa shape index (κ3) is 4.88. The number of ether oxygens (including phenoxy) is 1. The number of hydrogen-bond donors (Lipinski definition) is 1. The van der Waals surface area contributed by atoms with Crippen molar-refractivity contribution in [3.8, 4) is 17.0 Å². The fraction of sp³-hybridized carbons (Fsp3) is 0.208. The van der Waals surface area contributed by atoms with Crippen LogP contribution in [0.5, 0.6) is 5.75 Å². The summed E-state index contributed by atoms with van der Waals surface area (Å²) in [5, 5.41) is 3.66. The van der Waals surface area contributed by atoms with E-state index in [0.717, 1.165) is 51.0 Å². The van der Waals surface area contributed by atoms with E-state index in [2.05, 4.69) is 10.3 Å². The van der Waals surface area contributed by atoms with Crippen molar-refractivity contribution in [2.45, 2.75) is 25.5 Å². The number of fused-ring (bicyclic) bond motifs is 1. The number of benzene rings is 1. The van der Waals surface area contributed by atoms with Crippen molar-refractivity contribution in [1.29, 1.82) is 0 Å². The summed E-state index contributed by atoms with van der Waals surface area (Å²) in [7, 11) is -3.43. The third-order valence-corrected chi connectivity index (χ3v) is 6.32. The maximum absolute atomic E-state index is 12.4. The molecule has 168 valence electrons. The zero-order valence-electron chi connectivity index (χ0n) is 17.9. The highest BCUT2D eigenvalue weighted by molar-refractivity contribution is 7.89. The smallest absolute Gasteiger partial charge is 0.253 e. The molecule has 0 atom stereocenters. The van der Waals surface area contributed by atoms with Crippen molar-refractivity contribution in [1.82, 2.24) is 19.3 Å². The maximum atomic E-state index is 12.4. The number of hydrogen-bond acceptors (Lipinski definition) is 6. The van der Waals surface area contributed by atoms with Crippen LogP contribution in [0.1, 0.15) is 28.9 Å². The van der Waals surface area contributed by atoms with Gasteiger partial charge in [0.25, 0.3) is 5.91 Å². The van der Waals surface area contributed by atoms with E-state index in [1.54, 1.807) is 6.20 Å². The Morgan fingerprint density at radius 3 is 2.79 bits per heavy atom. The monoisotopic (exact) mass is 462 g/mol. The highest BCUT2D eigenvalue weighted by Gasteiger charge is 2.23. The molecule has 8 nitrogen and oxygen atoms in total. The van der Waals surface area contributed by atoms with E-state index in [9.17, 15) is 13.2 Å². The molecule has 9 heteroatoms. The number of nitrogens with one attached hydrogen (secondary N) is 1. The van der Waals surface area contributed by atoms with Crippen LogP contribution < -0.4 is 10.1 Å². The van der Waals surface area contributed by atoms with Crippen LogP contribution >= 0.6 is 0 Å². The molecule has 3 heterocycles. The van der Waals surface area contributed by atoms with E-state index in [-0.39, 0.29) is 18.0 Å². The van der Waals surface area contributed by atoms with Crippen LogP contribution in [-0.4, -0.2) is 40.6 Å². The van der Waals surface area contributed by atoms with E-state index in [0.29, 0.717) is 11.8 Å². The molecular formula is C24H22N4O4S. The van der Waals surface area contributed by atoms with Gasteiger partial charge in [0.05, 0.1) is 41.4 Å². The summed E-state index contributed by atoms with van der Waals surface area (Å²) in [4.78, 5) is 21.6. The topological polar surface area (TPSA) is 103 Å². The molecule has 5 rings (SSSR count). The molecule has 1 saturated carbocycles. The Morgan fingerprint density at radius 2 is 2.03 bits per heavy atom. The Labute approximate surface area is 191 Å². The fourth-order valence-electron chi connectivity index (χ4n) is 3.41. The zero-order chi connectivity index (χ0) is 23.0. The maximum Gasteiger partial charge on any atom is 0.253 e. The van der Waals surface area contributed by atoms with Gasteiger partial charge >= 0.3 is 0 Å². The third-order valence-electron chi connectivity index (χ3n) is 5.33. The van der Waals surface area contributed by atoms with Gasteiger partial charge in [-0.1, -0.05) is 12.1 Å². The Hall–Kier alpha value is -3.72. The lowest BCUT2D eigenvalue weighted by molar-refractivity contribution is 0.0950. The summed E-state index contributed by atoms with van der Waals surface area (Å²) < 4.78 is 30.1. The van der Waals surface area contributed by atoms with Crippen molar-refractivity contribution in [3.05, 3.63) is 78.4 Å². The Morgan fingerprint density at radius 1 is 1.18 bits per heavy atom. The number of carbonyl (C=O) groups excluding carboxylic acids is 1. The highest BCUT2D eigenvalue weighted by atomic mass is 32.2. The Kier molecular flexibility index (Phi) is 5.33. The van der Waals surface area contributed by atoms with Gasteiger partial charge in [0, 0.05) is 29.5 Å². The van der Waals surface area contributed by atoms with Crippen LogP contribution in [0.25, 0.3) is 22.2 Å². The highest BCUT2D eigenvalue weighted by Crippen LogP contribution is 2.30. The SMILES string of the molecule is CS(=O)(=O)n1ccc(C(=O)NCc2cc3nc(-c4cccc(OC5CC5)c4)ccc3cn2)c1. The minimum atomic E-state index is -3.43. The zero-order valence-corrected chi connectivity index (χ0v) is 18.7. The Balaban J connectivity index is 1.32. The number of aromatic nitrogens is 3. The summed E-state index contributed by atoms with van der Waals surface area (Å²) in [5.41, 5.74) is 3.47. The minimum absolute atomic E-state index is 0.190. The van der Waals surface area contributed by atoms with E-state index >= 15 is 0 Å². The lowest BCUT2D eigenvalue weighted by Crippen LogP contribution is -2.23. The van der Waals surface area contributed by atoms with Crippen molar-refractivity contribution < 1.29 is 17.9 Å². The second-order valence-electron chi connectivity index (χ2n) is 8.09. The van der Waals surface area contributed by atoms with Gasteiger partial charge in [0.1, 0.15) is 5.75 Å². The molecule has 4 aromatic rings. The summed E-state index contributed by atoms with van der Waals surface area (Å²) in [6.45, 7) is 0.190. The molecule has 1 aromatic carbocycles. The first-order valence-corrected chi connectivity index (χ1v) is 12.4. The summed E-state index contributed by atoms with van der Waals surface area (Å²) in [5.74, 6) is 0.466. The molecule has 0 bridgehead atoms. The minimum Gasteiger partial charge on any atom is -0.490 e. The predicted molar refractivity (Wildman–Crippen MR) is 124 cm³/mol. The van der Waals surface area contributed by atoms with Gasteiger partial charge in [-0.3, -0.25) is 13.8 Å². The first kappa shape index (κ1) is 21.1. The number of rotatable bonds is 7. The first-order valence-electron chi connectivity index (χ1n) is 10.5. The van der Waals surface area contributed by atoms with Gasteiger partial charge in [-0.2, -0.15) is 0 Å². The average molecular weight is 463 g/mol. The molecule has 0 spiro atoms. The van der Waals surface area contributed by atoms with Crippen molar-refractivity contribution in [2.75, 3.05) is 6.26 Å². The lowest BCUT2D eigenvalue weighted by Gasteiger charge is -2.08. The molecule has 1 aliphatic rings. The van der Waals surface area contributed by atoms with Crippen molar-refractivity contribution in [3.63, 3.8) is 0 Å². The predicted octanol–water partition coefficient (Wildman–Crippen LogP) is 3.38. The molecule has 1 N–H and O–H groups in total. The van der Waals surface area contributed by atoms with E-state index in [1.165, 1.54) is 18.5 Å². The van der Waals surface area contributed by atoms with Crippen molar-refractivity contribution in [2.24, 2.45) is 0 Å². The molecule has 1 aliphatic carbocycles. The summed E-state index contributed by atoms with van der Waals surface area (Å²) >= 11 is 0.